The molecule has 0 atom stereocenters. The topological polar surface area (TPSA) is 48.1 Å². The van der Waals surface area contributed by atoms with Crippen LogP contribution >= 0.6 is 11.6 Å². The van der Waals surface area contributed by atoms with Crippen LogP contribution in [0, 0.1) is 0 Å². The number of hydrogen-bond donors (Lipinski definition) is 1. The third kappa shape index (κ3) is 2.37. The number of nitrogens with zero attached hydrogens (tertiary/aromatic N) is 4. The number of nitrogens with one attached hydrogen (secondary N) is 1. The summed E-state index contributed by atoms with van der Waals surface area (Å²) in [6.45, 7) is 3.78. The summed E-state index contributed by atoms with van der Waals surface area (Å²) in [5.74, 6) is 1.01. The molecular formula is C16H16ClN5. The molecule has 0 bridgehead atoms. The number of aromatic nitrogens is 3. The summed E-state index contributed by atoms with van der Waals surface area (Å²) >= 11 is 6.08. The molecule has 3 heterocycles. The summed E-state index contributed by atoms with van der Waals surface area (Å²) in [5.41, 5.74) is 2.07. The second-order valence-corrected chi connectivity index (χ2v) is 5.83. The Morgan fingerprint density at radius 2 is 1.82 bits per heavy atom. The summed E-state index contributed by atoms with van der Waals surface area (Å²) in [4.78, 5) is 16.5. The van der Waals surface area contributed by atoms with E-state index >= 15 is 0 Å². The fourth-order valence-corrected chi connectivity index (χ4v) is 3.14. The van der Waals surface area contributed by atoms with Crippen LogP contribution in [0.5, 0.6) is 0 Å². The Labute approximate surface area is 133 Å². The lowest BCUT2D eigenvalue weighted by atomic mass is 10.2. The van der Waals surface area contributed by atoms with Crippen LogP contribution in [-0.2, 0) is 0 Å². The van der Waals surface area contributed by atoms with Gasteiger partial charge in [-0.05, 0) is 24.3 Å². The minimum absolute atomic E-state index is 0.782. The lowest BCUT2D eigenvalue weighted by molar-refractivity contribution is 0.649. The largest absolute Gasteiger partial charge is 0.368 e. The lowest BCUT2D eigenvalue weighted by Crippen LogP contribution is -2.46. The van der Waals surface area contributed by atoms with E-state index in [0.717, 1.165) is 48.1 Å². The number of piperazine rings is 1. The van der Waals surface area contributed by atoms with Crippen LogP contribution in [0.3, 0.4) is 0 Å². The molecule has 2 aromatic heterocycles. The molecule has 0 aliphatic carbocycles. The predicted octanol–water partition coefficient (Wildman–Crippen LogP) is 2.94. The van der Waals surface area contributed by atoms with Crippen molar-refractivity contribution in [1.82, 2.24) is 15.0 Å². The summed E-state index contributed by atoms with van der Waals surface area (Å²) in [5, 5.41) is 1.86. The molecule has 4 rings (SSSR count). The molecule has 0 saturated carbocycles. The van der Waals surface area contributed by atoms with Crippen molar-refractivity contribution in [2.24, 2.45) is 0 Å². The van der Waals surface area contributed by atoms with Gasteiger partial charge in [-0.25, -0.2) is 9.97 Å². The predicted molar refractivity (Wildman–Crippen MR) is 89.8 cm³/mol. The minimum Gasteiger partial charge on any atom is -0.368 e. The van der Waals surface area contributed by atoms with Crippen LogP contribution in [0.1, 0.15) is 0 Å². The summed E-state index contributed by atoms with van der Waals surface area (Å²) in [6.07, 6.45) is 3.53. The minimum atomic E-state index is 0.782. The number of hydrogen-bond acceptors (Lipinski definition) is 4. The van der Waals surface area contributed by atoms with Crippen molar-refractivity contribution in [3.8, 4) is 0 Å². The zero-order chi connectivity index (χ0) is 14.9. The quantitative estimate of drug-likeness (QED) is 0.790. The fourth-order valence-electron chi connectivity index (χ4n) is 2.96. The van der Waals surface area contributed by atoms with Gasteiger partial charge in [-0.15, -0.1) is 0 Å². The highest BCUT2D eigenvalue weighted by Gasteiger charge is 2.20. The monoisotopic (exact) mass is 313 g/mol. The highest BCUT2D eigenvalue weighted by atomic mass is 35.5. The third-order valence-electron chi connectivity index (χ3n) is 4.09. The Morgan fingerprint density at radius 1 is 1.00 bits per heavy atom. The first kappa shape index (κ1) is 13.4. The van der Waals surface area contributed by atoms with Crippen LogP contribution in [0.25, 0.3) is 11.0 Å². The highest BCUT2D eigenvalue weighted by molar-refractivity contribution is 6.30. The van der Waals surface area contributed by atoms with Crippen molar-refractivity contribution >= 4 is 34.1 Å². The number of aromatic amines is 1. The molecule has 5 nitrogen and oxygen atoms in total. The van der Waals surface area contributed by atoms with E-state index in [9.17, 15) is 0 Å². The van der Waals surface area contributed by atoms with Gasteiger partial charge >= 0.3 is 0 Å². The van der Waals surface area contributed by atoms with Gasteiger partial charge in [-0.2, -0.15) is 0 Å². The van der Waals surface area contributed by atoms with Gasteiger partial charge in [0.25, 0.3) is 0 Å². The number of fused-ring (bicyclic) bond motifs is 1. The van der Waals surface area contributed by atoms with Crippen LogP contribution in [0.15, 0.2) is 42.9 Å². The first-order chi connectivity index (χ1) is 10.8. The first-order valence-electron chi connectivity index (χ1n) is 7.35. The third-order valence-corrected chi connectivity index (χ3v) is 4.32. The number of benzene rings is 1. The Morgan fingerprint density at radius 3 is 2.64 bits per heavy atom. The maximum atomic E-state index is 6.08. The van der Waals surface area contributed by atoms with Crippen molar-refractivity contribution in [3.05, 3.63) is 47.9 Å². The van der Waals surface area contributed by atoms with Gasteiger partial charge in [0.15, 0.2) is 0 Å². The van der Waals surface area contributed by atoms with Gasteiger partial charge < -0.3 is 14.8 Å². The van der Waals surface area contributed by atoms with Gasteiger partial charge in [0, 0.05) is 43.1 Å². The summed E-state index contributed by atoms with van der Waals surface area (Å²) < 4.78 is 0. The Hall–Kier alpha value is -2.27. The second-order valence-electron chi connectivity index (χ2n) is 5.39. The average molecular weight is 314 g/mol. The van der Waals surface area contributed by atoms with E-state index in [0.29, 0.717) is 0 Å². The molecule has 22 heavy (non-hydrogen) atoms. The molecule has 1 aromatic carbocycles. The van der Waals surface area contributed by atoms with Crippen LogP contribution in [-0.4, -0.2) is 41.1 Å². The Kier molecular flexibility index (Phi) is 3.35. The molecule has 1 aliphatic heterocycles. The first-order valence-corrected chi connectivity index (χ1v) is 7.72. The van der Waals surface area contributed by atoms with Crippen LogP contribution in [0.4, 0.5) is 11.5 Å². The molecule has 6 heteroatoms. The maximum absolute atomic E-state index is 6.08. The Bertz CT molecular complexity index is 792. The van der Waals surface area contributed by atoms with Crippen molar-refractivity contribution in [2.75, 3.05) is 36.0 Å². The molecule has 1 saturated heterocycles. The second kappa shape index (κ2) is 5.50. The van der Waals surface area contributed by atoms with Gasteiger partial charge in [0.05, 0.1) is 5.39 Å². The zero-order valence-corrected chi connectivity index (χ0v) is 12.8. The molecule has 0 amide bonds. The van der Waals surface area contributed by atoms with Gasteiger partial charge in [0.1, 0.15) is 17.8 Å². The molecule has 3 aromatic rings. The SMILES string of the molecule is Clc1cccc(N2CCN(c3ncnc4[nH]ccc34)CC2)c1. The van der Waals surface area contributed by atoms with Crippen LogP contribution < -0.4 is 9.80 Å². The van der Waals surface area contributed by atoms with Crippen molar-refractivity contribution in [3.63, 3.8) is 0 Å². The van der Waals surface area contributed by atoms with E-state index < -0.39 is 0 Å². The number of rotatable bonds is 2. The molecule has 0 radical (unpaired) electrons. The Balaban J connectivity index is 1.53. The maximum Gasteiger partial charge on any atom is 0.142 e. The number of H-pyrrole nitrogens is 1. The van der Waals surface area contributed by atoms with E-state index in [4.69, 9.17) is 11.6 Å². The molecule has 0 unspecified atom stereocenters. The van der Waals surface area contributed by atoms with E-state index in [1.165, 1.54) is 5.69 Å². The van der Waals surface area contributed by atoms with Gasteiger partial charge in [0.2, 0.25) is 0 Å². The van der Waals surface area contributed by atoms with E-state index in [-0.39, 0.29) is 0 Å². The van der Waals surface area contributed by atoms with E-state index in [2.05, 4.69) is 30.8 Å². The average Bonchev–Trinajstić information content (AvgIpc) is 3.04. The summed E-state index contributed by atoms with van der Waals surface area (Å²) in [7, 11) is 0. The van der Waals surface area contributed by atoms with Gasteiger partial charge in [-0.3, -0.25) is 0 Å². The lowest BCUT2D eigenvalue weighted by Gasteiger charge is -2.36. The van der Waals surface area contributed by atoms with Crippen LogP contribution in [0.2, 0.25) is 5.02 Å². The molecule has 1 fully saturated rings. The molecule has 1 aliphatic rings. The highest BCUT2D eigenvalue weighted by Crippen LogP contribution is 2.25. The smallest absolute Gasteiger partial charge is 0.142 e. The molecular weight excluding hydrogens is 298 g/mol. The number of anilines is 2. The fraction of sp³-hybridized carbons (Fsp3) is 0.250. The zero-order valence-electron chi connectivity index (χ0n) is 12.0. The molecule has 112 valence electrons. The molecule has 0 spiro atoms. The standard InChI is InChI=1S/C16H16ClN5/c17-12-2-1-3-13(10-12)21-6-8-22(9-7-21)16-14-4-5-18-15(14)19-11-20-16/h1-5,10-11H,6-9H2,(H,18,19,20). The van der Waals surface area contributed by atoms with E-state index in [1.54, 1.807) is 6.33 Å². The normalized spacial score (nSPS) is 15.5. The number of halogens is 1. The van der Waals surface area contributed by atoms with E-state index in [1.807, 2.05) is 30.5 Å². The molecule has 1 N–H and O–H groups in total. The summed E-state index contributed by atoms with van der Waals surface area (Å²) in [6, 6.07) is 10.1. The van der Waals surface area contributed by atoms with Crippen molar-refractivity contribution in [2.45, 2.75) is 0 Å². The van der Waals surface area contributed by atoms with Gasteiger partial charge in [-0.1, -0.05) is 17.7 Å². The van der Waals surface area contributed by atoms with Crippen molar-refractivity contribution < 1.29 is 0 Å². The van der Waals surface area contributed by atoms with Crippen molar-refractivity contribution in [1.29, 1.82) is 0 Å².